The molecule has 2 amide bonds. The zero-order valence-corrected chi connectivity index (χ0v) is 21.5. The largest absolute Gasteiger partial charge is 0.505 e. The van der Waals surface area contributed by atoms with Gasteiger partial charge in [0.25, 0.3) is 11.5 Å². The highest BCUT2D eigenvalue weighted by Crippen LogP contribution is 2.26. The summed E-state index contributed by atoms with van der Waals surface area (Å²) in [4.78, 5) is 45.0. The fraction of sp³-hybridized carbons (Fsp3) is 0.429. The van der Waals surface area contributed by atoms with E-state index >= 15 is 0 Å². The third-order valence-electron chi connectivity index (χ3n) is 6.82. The van der Waals surface area contributed by atoms with Gasteiger partial charge in [-0.25, -0.2) is 4.39 Å². The van der Waals surface area contributed by atoms with Gasteiger partial charge < -0.3 is 25.0 Å². The lowest BCUT2D eigenvalue weighted by molar-refractivity contribution is -0.130. The Balaban J connectivity index is 1.71. The molecule has 0 bridgehead atoms. The van der Waals surface area contributed by atoms with E-state index < -0.39 is 28.8 Å². The summed E-state index contributed by atoms with van der Waals surface area (Å²) in [5.41, 5.74) is 0.925. The highest BCUT2D eigenvalue weighted by atomic mass is 19.1. The van der Waals surface area contributed by atoms with E-state index in [1.165, 1.54) is 16.7 Å². The monoisotopic (exact) mass is 524 g/mol. The second-order valence-corrected chi connectivity index (χ2v) is 9.80. The predicted octanol–water partition coefficient (Wildman–Crippen LogP) is 2.74. The van der Waals surface area contributed by atoms with Crippen molar-refractivity contribution in [3.8, 4) is 5.75 Å². The maximum atomic E-state index is 13.6. The molecule has 0 aliphatic carbocycles. The normalized spacial score (nSPS) is 14.9. The van der Waals surface area contributed by atoms with Crippen LogP contribution in [0.25, 0.3) is 11.0 Å². The molecular weight excluding hydrogens is 491 g/mol. The van der Waals surface area contributed by atoms with Crippen molar-refractivity contribution >= 4 is 22.8 Å². The van der Waals surface area contributed by atoms with Gasteiger partial charge in [0.1, 0.15) is 16.9 Å². The number of aromatic hydroxyl groups is 1. The van der Waals surface area contributed by atoms with Gasteiger partial charge in [-0.05, 0) is 61.9 Å². The molecule has 0 radical (unpaired) electrons. The van der Waals surface area contributed by atoms with Crippen LogP contribution in [0.3, 0.4) is 0 Å². The van der Waals surface area contributed by atoms with Gasteiger partial charge in [0.2, 0.25) is 5.91 Å². The van der Waals surface area contributed by atoms with Crippen molar-refractivity contribution in [2.24, 2.45) is 0 Å². The molecule has 4 rings (SSSR count). The molecule has 10 heteroatoms. The van der Waals surface area contributed by atoms with Crippen LogP contribution in [-0.4, -0.2) is 62.2 Å². The minimum Gasteiger partial charge on any atom is -0.505 e. The number of halogens is 1. The van der Waals surface area contributed by atoms with Crippen molar-refractivity contribution in [1.29, 1.82) is 0 Å². The number of aliphatic hydroxyl groups is 1. The van der Waals surface area contributed by atoms with Crippen molar-refractivity contribution in [2.45, 2.75) is 58.0 Å². The maximum absolute atomic E-state index is 13.6. The number of aryl methyl sites for hydroxylation is 1. The summed E-state index contributed by atoms with van der Waals surface area (Å²) in [5.74, 6) is -1.57. The molecule has 0 unspecified atom stereocenters. The van der Waals surface area contributed by atoms with E-state index in [1.807, 2.05) is 4.90 Å². The smallest absolute Gasteiger partial charge is 0.267 e. The van der Waals surface area contributed by atoms with E-state index in [2.05, 4.69) is 10.3 Å². The van der Waals surface area contributed by atoms with Gasteiger partial charge >= 0.3 is 0 Å². The van der Waals surface area contributed by atoms with Crippen LogP contribution in [0.1, 0.15) is 60.5 Å². The number of likely N-dealkylation sites (tertiary alicyclic amines) is 1. The Labute approximate surface area is 219 Å². The number of aromatic nitrogens is 2. The molecule has 1 saturated heterocycles. The van der Waals surface area contributed by atoms with Crippen molar-refractivity contribution in [1.82, 2.24) is 19.8 Å². The number of pyridine rings is 2. The van der Waals surface area contributed by atoms with E-state index in [4.69, 9.17) is 0 Å². The predicted molar refractivity (Wildman–Crippen MR) is 141 cm³/mol. The SMILES string of the molecule is C[C@H](CO)NC(=O)c1c(O)c2ncc(Cc3ccc(F)cc3)cc2n(CCCN2CCCCCC2=O)c1=O. The molecule has 1 aliphatic heterocycles. The summed E-state index contributed by atoms with van der Waals surface area (Å²) in [5, 5.41) is 22.8. The van der Waals surface area contributed by atoms with Crippen LogP contribution < -0.4 is 10.9 Å². The van der Waals surface area contributed by atoms with Gasteiger partial charge in [-0.15, -0.1) is 0 Å². The topological polar surface area (TPSA) is 125 Å². The van der Waals surface area contributed by atoms with Crippen LogP contribution in [0.5, 0.6) is 5.75 Å². The molecule has 1 aliphatic rings. The molecule has 2 aromatic heterocycles. The highest BCUT2D eigenvalue weighted by Gasteiger charge is 2.25. The Morgan fingerprint density at radius 3 is 2.63 bits per heavy atom. The number of aliphatic hydroxyl groups excluding tert-OH is 1. The summed E-state index contributed by atoms with van der Waals surface area (Å²) < 4.78 is 14.7. The van der Waals surface area contributed by atoms with Crippen molar-refractivity contribution in [3.05, 3.63) is 69.4 Å². The zero-order chi connectivity index (χ0) is 27.2. The van der Waals surface area contributed by atoms with E-state index in [-0.39, 0.29) is 30.4 Å². The van der Waals surface area contributed by atoms with Crippen LogP contribution in [0.4, 0.5) is 4.39 Å². The van der Waals surface area contributed by atoms with E-state index in [9.17, 15) is 29.0 Å². The van der Waals surface area contributed by atoms with E-state index in [0.29, 0.717) is 37.9 Å². The quantitative estimate of drug-likeness (QED) is 0.395. The first-order valence-corrected chi connectivity index (χ1v) is 13.0. The van der Waals surface area contributed by atoms with Crippen LogP contribution in [0.15, 0.2) is 41.3 Å². The number of nitrogens with one attached hydrogen (secondary N) is 1. The Hall–Kier alpha value is -3.79. The van der Waals surface area contributed by atoms with Crippen LogP contribution in [-0.2, 0) is 17.8 Å². The first kappa shape index (κ1) is 27.3. The first-order valence-electron chi connectivity index (χ1n) is 13.0. The lowest BCUT2D eigenvalue weighted by atomic mass is 10.0. The van der Waals surface area contributed by atoms with Gasteiger partial charge in [0, 0.05) is 38.3 Å². The van der Waals surface area contributed by atoms with Crippen molar-refractivity contribution in [2.75, 3.05) is 19.7 Å². The Bertz CT molecular complexity index is 1370. The van der Waals surface area contributed by atoms with Gasteiger partial charge in [-0.2, -0.15) is 0 Å². The van der Waals surface area contributed by atoms with Crippen molar-refractivity contribution < 1.29 is 24.2 Å². The standard InChI is InChI=1S/C28H33FN4O5/c1-18(17-34)31-27(37)24-26(36)25-22(15-20(16-30-25)14-19-7-9-21(29)10-8-19)33(28(24)38)13-5-12-32-11-4-2-3-6-23(32)35/h7-10,15-16,18,34,36H,2-6,11-14,17H2,1H3,(H,31,37)/t18-/m1/s1. The number of benzene rings is 1. The number of carbonyl (C=O) groups is 2. The molecular formula is C28H33FN4O5. The molecule has 1 atom stereocenters. The molecule has 3 heterocycles. The Kier molecular flexibility index (Phi) is 8.73. The fourth-order valence-electron chi connectivity index (χ4n) is 4.74. The lowest BCUT2D eigenvalue weighted by Gasteiger charge is -2.21. The van der Waals surface area contributed by atoms with Gasteiger partial charge in [-0.1, -0.05) is 18.6 Å². The molecule has 1 aromatic carbocycles. The van der Waals surface area contributed by atoms with Gasteiger partial charge in [-0.3, -0.25) is 19.4 Å². The number of amides is 2. The lowest BCUT2D eigenvalue weighted by Crippen LogP contribution is -2.39. The summed E-state index contributed by atoms with van der Waals surface area (Å²) in [6.07, 6.45) is 5.80. The first-order chi connectivity index (χ1) is 18.3. The van der Waals surface area contributed by atoms with Crippen LogP contribution in [0, 0.1) is 5.82 Å². The number of hydrogen-bond acceptors (Lipinski definition) is 6. The molecule has 3 aromatic rings. The van der Waals surface area contributed by atoms with E-state index in [0.717, 1.165) is 30.4 Å². The average Bonchev–Trinajstić information content (AvgIpc) is 3.11. The summed E-state index contributed by atoms with van der Waals surface area (Å²) >= 11 is 0. The van der Waals surface area contributed by atoms with Gasteiger partial charge in [0.05, 0.1) is 12.1 Å². The molecule has 0 saturated carbocycles. The summed E-state index contributed by atoms with van der Waals surface area (Å²) in [6, 6.07) is 7.19. The Morgan fingerprint density at radius 2 is 1.89 bits per heavy atom. The summed E-state index contributed by atoms with van der Waals surface area (Å²) in [6.45, 7) is 2.60. The number of hydrogen-bond donors (Lipinski definition) is 3. The summed E-state index contributed by atoms with van der Waals surface area (Å²) in [7, 11) is 0. The maximum Gasteiger partial charge on any atom is 0.267 e. The highest BCUT2D eigenvalue weighted by molar-refractivity contribution is 6.01. The number of nitrogens with zero attached hydrogens (tertiary/aromatic N) is 3. The minimum atomic E-state index is -0.801. The third kappa shape index (κ3) is 6.19. The zero-order valence-electron chi connectivity index (χ0n) is 21.5. The van der Waals surface area contributed by atoms with Crippen LogP contribution >= 0.6 is 0 Å². The molecule has 202 valence electrons. The molecule has 3 N–H and O–H groups in total. The molecule has 38 heavy (non-hydrogen) atoms. The molecule has 1 fully saturated rings. The van der Waals surface area contributed by atoms with Gasteiger partial charge in [0.15, 0.2) is 5.75 Å². The number of fused-ring (bicyclic) bond motifs is 1. The van der Waals surface area contributed by atoms with Crippen molar-refractivity contribution in [3.63, 3.8) is 0 Å². The fourth-order valence-corrected chi connectivity index (χ4v) is 4.74. The second kappa shape index (κ2) is 12.2. The number of carbonyl (C=O) groups excluding carboxylic acids is 2. The molecule has 0 spiro atoms. The number of rotatable bonds is 9. The minimum absolute atomic E-state index is 0.0973. The average molecular weight is 525 g/mol. The second-order valence-electron chi connectivity index (χ2n) is 9.80. The van der Waals surface area contributed by atoms with Crippen LogP contribution in [0.2, 0.25) is 0 Å². The molecule has 9 nitrogen and oxygen atoms in total. The Morgan fingerprint density at radius 1 is 1.13 bits per heavy atom. The third-order valence-corrected chi connectivity index (χ3v) is 6.82. The van der Waals surface area contributed by atoms with E-state index in [1.54, 1.807) is 31.3 Å².